The van der Waals surface area contributed by atoms with Gasteiger partial charge in [0.2, 0.25) is 5.91 Å². The van der Waals surface area contributed by atoms with Gasteiger partial charge in [-0.15, -0.1) is 10.2 Å². The van der Waals surface area contributed by atoms with Crippen molar-refractivity contribution in [2.24, 2.45) is 0 Å². The lowest BCUT2D eigenvalue weighted by Gasteiger charge is -2.14. The Bertz CT molecular complexity index is 969. The van der Waals surface area contributed by atoms with Crippen molar-refractivity contribution in [2.75, 3.05) is 37.2 Å². The number of ether oxygens (including phenoxy) is 1. The first-order valence-electron chi connectivity index (χ1n) is 9.29. The first kappa shape index (κ1) is 20.7. The highest BCUT2D eigenvalue weighted by Gasteiger charge is 2.15. The number of hydrogen-bond acceptors (Lipinski definition) is 6. The van der Waals surface area contributed by atoms with E-state index in [4.69, 9.17) is 4.74 Å². The van der Waals surface area contributed by atoms with Crippen LogP contribution in [0.1, 0.15) is 6.92 Å². The smallest absolute Gasteiger partial charge is 0.234 e. The minimum Gasteiger partial charge on any atom is -0.497 e. The molecule has 1 heterocycles. The van der Waals surface area contributed by atoms with E-state index in [1.165, 1.54) is 11.8 Å². The number of nitrogens with one attached hydrogen (secondary N) is 1. The summed E-state index contributed by atoms with van der Waals surface area (Å²) in [6.45, 7) is 2.76. The van der Waals surface area contributed by atoms with Gasteiger partial charge >= 0.3 is 0 Å². The molecule has 1 aromatic heterocycles. The second-order valence-corrected chi connectivity index (χ2v) is 7.50. The van der Waals surface area contributed by atoms with E-state index in [-0.39, 0.29) is 11.7 Å². The summed E-state index contributed by atoms with van der Waals surface area (Å²) < 4.78 is 7.15. The van der Waals surface area contributed by atoms with Gasteiger partial charge in [-0.2, -0.15) is 0 Å². The minimum atomic E-state index is -0.0954. The number of carbonyl (C=O) groups is 1. The molecule has 0 aliphatic rings. The number of methoxy groups -OCH3 is 1. The van der Waals surface area contributed by atoms with Gasteiger partial charge in [-0.1, -0.05) is 23.9 Å². The zero-order valence-electron chi connectivity index (χ0n) is 17.0. The predicted octanol–water partition coefficient (Wildman–Crippen LogP) is 3.77. The first-order chi connectivity index (χ1) is 14.0. The number of nitrogens with zero attached hydrogens (tertiary/aromatic N) is 4. The fraction of sp³-hybridized carbons (Fsp3) is 0.286. The van der Waals surface area contributed by atoms with Crippen LogP contribution in [-0.4, -0.2) is 47.6 Å². The molecule has 0 unspecified atom stereocenters. The maximum Gasteiger partial charge on any atom is 0.234 e. The Morgan fingerprint density at radius 1 is 1.17 bits per heavy atom. The number of carbonyl (C=O) groups excluding carboxylic acids is 1. The molecule has 0 saturated heterocycles. The van der Waals surface area contributed by atoms with Crippen LogP contribution >= 0.6 is 11.8 Å². The highest BCUT2D eigenvalue weighted by atomic mass is 32.2. The molecule has 1 N–H and O–H groups in total. The van der Waals surface area contributed by atoms with Crippen molar-refractivity contribution in [1.29, 1.82) is 0 Å². The number of rotatable bonds is 8. The predicted molar refractivity (Wildman–Crippen MR) is 118 cm³/mol. The summed E-state index contributed by atoms with van der Waals surface area (Å²) in [6.07, 6.45) is 0. The topological polar surface area (TPSA) is 72.3 Å². The summed E-state index contributed by atoms with van der Waals surface area (Å²) in [5.41, 5.74) is 2.83. The Hall–Kier alpha value is -3.00. The molecule has 3 rings (SSSR count). The molecule has 152 valence electrons. The first-order valence-corrected chi connectivity index (χ1v) is 10.3. The van der Waals surface area contributed by atoms with Gasteiger partial charge in [0.15, 0.2) is 11.0 Å². The molecular weight excluding hydrogens is 386 g/mol. The Kier molecular flexibility index (Phi) is 6.77. The number of hydrogen-bond donors (Lipinski definition) is 1. The third-order valence-corrected chi connectivity index (χ3v) is 5.33. The van der Waals surface area contributed by atoms with Crippen LogP contribution < -0.4 is 15.0 Å². The van der Waals surface area contributed by atoms with Crippen molar-refractivity contribution in [3.63, 3.8) is 0 Å². The number of thioether (sulfide) groups is 1. The van der Waals surface area contributed by atoms with E-state index in [1.54, 1.807) is 7.11 Å². The fourth-order valence-electron chi connectivity index (χ4n) is 2.82. The summed E-state index contributed by atoms with van der Waals surface area (Å²) in [5, 5.41) is 12.3. The summed E-state index contributed by atoms with van der Waals surface area (Å²) in [6, 6.07) is 15.4. The van der Waals surface area contributed by atoms with Crippen LogP contribution in [0, 0.1) is 0 Å². The molecule has 0 fully saturated rings. The fourth-order valence-corrected chi connectivity index (χ4v) is 3.62. The van der Waals surface area contributed by atoms with Gasteiger partial charge in [-0.25, -0.2) is 0 Å². The number of amides is 1. The Labute approximate surface area is 175 Å². The van der Waals surface area contributed by atoms with Crippen LogP contribution in [0.3, 0.4) is 0 Å². The molecule has 0 bridgehead atoms. The van der Waals surface area contributed by atoms with E-state index >= 15 is 0 Å². The lowest BCUT2D eigenvalue weighted by atomic mass is 10.2. The van der Waals surface area contributed by atoms with E-state index in [0.29, 0.717) is 0 Å². The molecule has 0 aliphatic carbocycles. The van der Waals surface area contributed by atoms with Crippen molar-refractivity contribution < 1.29 is 9.53 Å². The lowest BCUT2D eigenvalue weighted by molar-refractivity contribution is -0.113. The summed E-state index contributed by atoms with van der Waals surface area (Å²) >= 11 is 1.37. The van der Waals surface area contributed by atoms with Crippen molar-refractivity contribution in [3.8, 4) is 17.1 Å². The third-order valence-electron chi connectivity index (χ3n) is 4.36. The van der Waals surface area contributed by atoms with E-state index in [0.717, 1.165) is 40.2 Å². The number of anilines is 2. The van der Waals surface area contributed by atoms with Crippen molar-refractivity contribution in [3.05, 3.63) is 48.5 Å². The molecule has 0 saturated carbocycles. The second kappa shape index (κ2) is 9.47. The number of aromatic nitrogens is 3. The molecule has 8 heteroatoms. The van der Waals surface area contributed by atoms with E-state index in [2.05, 4.69) is 32.5 Å². The van der Waals surface area contributed by atoms with Gasteiger partial charge in [0, 0.05) is 37.6 Å². The van der Waals surface area contributed by atoms with Crippen LogP contribution in [0.4, 0.5) is 11.4 Å². The largest absolute Gasteiger partial charge is 0.497 e. The highest BCUT2D eigenvalue weighted by Crippen LogP contribution is 2.26. The molecule has 1 amide bonds. The normalized spacial score (nSPS) is 10.6. The van der Waals surface area contributed by atoms with Gasteiger partial charge in [0.05, 0.1) is 12.9 Å². The van der Waals surface area contributed by atoms with Crippen LogP contribution in [0.25, 0.3) is 11.4 Å². The molecule has 0 aliphatic heterocycles. The summed E-state index contributed by atoms with van der Waals surface area (Å²) in [7, 11) is 5.62. The molecule has 0 spiro atoms. The average molecular weight is 412 g/mol. The van der Waals surface area contributed by atoms with Gasteiger partial charge < -0.3 is 19.5 Å². The molecule has 3 aromatic rings. The van der Waals surface area contributed by atoms with Gasteiger partial charge in [-0.3, -0.25) is 4.79 Å². The van der Waals surface area contributed by atoms with Gasteiger partial charge in [0.1, 0.15) is 5.75 Å². The van der Waals surface area contributed by atoms with Gasteiger partial charge in [0.25, 0.3) is 0 Å². The van der Waals surface area contributed by atoms with Gasteiger partial charge in [-0.05, 0) is 43.3 Å². The molecule has 29 heavy (non-hydrogen) atoms. The standard InChI is InChI=1S/C21H25N5O2S/c1-5-26-20(15-7-6-8-17(13-15)25(2)3)23-24-21(26)29-14-19(27)22-16-9-11-18(28-4)12-10-16/h6-13H,5,14H2,1-4H3,(H,22,27). The number of benzene rings is 2. The molecule has 2 aromatic carbocycles. The third kappa shape index (κ3) is 5.08. The average Bonchev–Trinajstić information content (AvgIpc) is 3.16. The minimum absolute atomic E-state index is 0.0954. The molecule has 7 nitrogen and oxygen atoms in total. The zero-order chi connectivity index (χ0) is 20.8. The summed E-state index contributed by atoms with van der Waals surface area (Å²) in [5.74, 6) is 1.71. The quantitative estimate of drug-likeness (QED) is 0.569. The van der Waals surface area contributed by atoms with E-state index < -0.39 is 0 Å². The molecular formula is C21H25N5O2S. The Balaban J connectivity index is 1.68. The van der Waals surface area contributed by atoms with Crippen molar-refractivity contribution in [1.82, 2.24) is 14.8 Å². The van der Waals surface area contributed by atoms with Crippen LogP contribution in [0.5, 0.6) is 5.75 Å². The zero-order valence-corrected chi connectivity index (χ0v) is 17.9. The Morgan fingerprint density at radius 2 is 1.93 bits per heavy atom. The van der Waals surface area contributed by atoms with E-state index in [9.17, 15) is 4.79 Å². The highest BCUT2D eigenvalue weighted by molar-refractivity contribution is 7.99. The molecule has 0 radical (unpaired) electrons. The Morgan fingerprint density at radius 3 is 2.59 bits per heavy atom. The second-order valence-electron chi connectivity index (χ2n) is 6.56. The van der Waals surface area contributed by atoms with Crippen LogP contribution in [-0.2, 0) is 11.3 Å². The van der Waals surface area contributed by atoms with Crippen molar-refractivity contribution >= 4 is 29.0 Å². The van der Waals surface area contributed by atoms with E-state index in [1.807, 2.05) is 62.0 Å². The van der Waals surface area contributed by atoms with Crippen LogP contribution in [0.15, 0.2) is 53.7 Å². The SMILES string of the molecule is CCn1c(SCC(=O)Nc2ccc(OC)cc2)nnc1-c1cccc(N(C)C)c1. The molecule has 0 atom stereocenters. The lowest BCUT2D eigenvalue weighted by Crippen LogP contribution is -2.14. The maximum atomic E-state index is 12.3. The maximum absolute atomic E-state index is 12.3. The van der Waals surface area contributed by atoms with Crippen LogP contribution in [0.2, 0.25) is 0 Å². The summed E-state index contributed by atoms with van der Waals surface area (Å²) in [4.78, 5) is 14.4. The van der Waals surface area contributed by atoms with Crippen molar-refractivity contribution in [2.45, 2.75) is 18.6 Å². The monoisotopic (exact) mass is 411 g/mol.